The van der Waals surface area contributed by atoms with Crippen molar-refractivity contribution in [2.45, 2.75) is 45.7 Å². The maximum absolute atomic E-state index is 12.2. The van der Waals surface area contributed by atoms with Crippen LogP contribution >= 0.6 is 0 Å². The highest BCUT2D eigenvalue weighted by Gasteiger charge is 2.14. The van der Waals surface area contributed by atoms with E-state index < -0.39 is 0 Å². The molecule has 0 saturated carbocycles. The van der Waals surface area contributed by atoms with Gasteiger partial charge in [0.25, 0.3) is 0 Å². The minimum Gasteiger partial charge on any atom is -0.356 e. The molecule has 25 heavy (non-hydrogen) atoms. The summed E-state index contributed by atoms with van der Waals surface area (Å²) in [6.07, 6.45) is 5.19. The molecule has 5 nitrogen and oxygen atoms in total. The summed E-state index contributed by atoms with van der Waals surface area (Å²) < 4.78 is 4.31. The van der Waals surface area contributed by atoms with Crippen LogP contribution in [0.4, 0.5) is 0 Å². The second-order valence-corrected chi connectivity index (χ2v) is 6.76. The SMILES string of the molecule is CC(C)n1c(CCNC(=O)C[C@H](C)n2cccc2)nc2ccccc21. The van der Waals surface area contributed by atoms with Gasteiger partial charge in [-0.05, 0) is 45.0 Å². The van der Waals surface area contributed by atoms with E-state index in [2.05, 4.69) is 41.3 Å². The number of nitrogens with one attached hydrogen (secondary N) is 1. The van der Waals surface area contributed by atoms with Crippen LogP contribution in [0.25, 0.3) is 11.0 Å². The van der Waals surface area contributed by atoms with E-state index in [1.807, 2.05) is 42.7 Å². The van der Waals surface area contributed by atoms with Gasteiger partial charge in [-0.15, -0.1) is 0 Å². The number of para-hydroxylation sites is 2. The molecule has 0 fully saturated rings. The molecular weight excluding hydrogens is 312 g/mol. The summed E-state index contributed by atoms with van der Waals surface area (Å²) >= 11 is 0. The number of hydrogen-bond donors (Lipinski definition) is 1. The lowest BCUT2D eigenvalue weighted by atomic mass is 10.2. The molecule has 2 heterocycles. The van der Waals surface area contributed by atoms with Crippen molar-refractivity contribution in [1.82, 2.24) is 19.4 Å². The maximum Gasteiger partial charge on any atom is 0.222 e. The normalized spacial score (nSPS) is 12.6. The summed E-state index contributed by atoms with van der Waals surface area (Å²) in [4.78, 5) is 16.9. The van der Waals surface area contributed by atoms with E-state index >= 15 is 0 Å². The number of carbonyl (C=O) groups is 1. The van der Waals surface area contributed by atoms with E-state index in [1.54, 1.807) is 0 Å². The lowest BCUT2D eigenvalue weighted by Gasteiger charge is -2.15. The molecule has 0 radical (unpaired) electrons. The van der Waals surface area contributed by atoms with Crippen molar-refractivity contribution in [2.75, 3.05) is 6.54 Å². The van der Waals surface area contributed by atoms with Crippen LogP contribution in [-0.2, 0) is 11.2 Å². The van der Waals surface area contributed by atoms with Crippen LogP contribution in [-0.4, -0.2) is 26.6 Å². The lowest BCUT2D eigenvalue weighted by molar-refractivity contribution is -0.121. The zero-order valence-corrected chi connectivity index (χ0v) is 15.1. The molecule has 0 spiro atoms. The maximum atomic E-state index is 12.2. The summed E-state index contributed by atoms with van der Waals surface area (Å²) in [6, 6.07) is 12.6. The molecule has 1 atom stereocenters. The number of rotatable bonds is 7. The number of amides is 1. The van der Waals surface area contributed by atoms with Crippen molar-refractivity contribution < 1.29 is 4.79 Å². The molecule has 1 N–H and O–H groups in total. The largest absolute Gasteiger partial charge is 0.356 e. The van der Waals surface area contributed by atoms with Gasteiger partial charge >= 0.3 is 0 Å². The van der Waals surface area contributed by atoms with Crippen LogP contribution in [0.1, 0.15) is 45.1 Å². The van der Waals surface area contributed by atoms with E-state index in [-0.39, 0.29) is 11.9 Å². The van der Waals surface area contributed by atoms with Crippen LogP contribution < -0.4 is 5.32 Å². The third-order valence-corrected chi connectivity index (χ3v) is 4.47. The first-order valence-electron chi connectivity index (χ1n) is 8.91. The van der Waals surface area contributed by atoms with Crippen LogP contribution in [0.2, 0.25) is 0 Å². The summed E-state index contributed by atoms with van der Waals surface area (Å²) in [5, 5.41) is 3.03. The monoisotopic (exact) mass is 338 g/mol. The number of carbonyl (C=O) groups excluding carboxylic acids is 1. The highest BCUT2D eigenvalue weighted by Crippen LogP contribution is 2.21. The van der Waals surface area contributed by atoms with Gasteiger partial charge in [0.1, 0.15) is 5.82 Å². The molecule has 1 aromatic carbocycles. The number of nitrogens with zero attached hydrogens (tertiary/aromatic N) is 3. The molecule has 0 unspecified atom stereocenters. The highest BCUT2D eigenvalue weighted by molar-refractivity contribution is 5.77. The molecule has 0 aliphatic rings. The molecule has 3 aromatic rings. The smallest absolute Gasteiger partial charge is 0.222 e. The number of benzene rings is 1. The Kier molecular flexibility index (Phi) is 5.22. The first-order chi connectivity index (χ1) is 12.1. The Balaban J connectivity index is 1.59. The van der Waals surface area contributed by atoms with Crippen molar-refractivity contribution in [3.05, 3.63) is 54.6 Å². The third kappa shape index (κ3) is 3.92. The van der Waals surface area contributed by atoms with Crippen molar-refractivity contribution in [1.29, 1.82) is 0 Å². The Morgan fingerprint density at radius 1 is 1.12 bits per heavy atom. The summed E-state index contributed by atoms with van der Waals surface area (Å²) in [5.41, 5.74) is 2.17. The van der Waals surface area contributed by atoms with Gasteiger partial charge in [-0.2, -0.15) is 0 Å². The lowest BCUT2D eigenvalue weighted by Crippen LogP contribution is -2.28. The Morgan fingerprint density at radius 2 is 1.84 bits per heavy atom. The summed E-state index contributed by atoms with van der Waals surface area (Å²) in [6.45, 7) is 6.98. The van der Waals surface area contributed by atoms with Crippen LogP contribution in [0.5, 0.6) is 0 Å². The topological polar surface area (TPSA) is 51.9 Å². The van der Waals surface area contributed by atoms with E-state index in [0.29, 0.717) is 19.0 Å². The molecule has 0 bridgehead atoms. The van der Waals surface area contributed by atoms with Gasteiger partial charge in [-0.25, -0.2) is 4.98 Å². The van der Waals surface area contributed by atoms with E-state index in [9.17, 15) is 4.79 Å². The third-order valence-electron chi connectivity index (χ3n) is 4.47. The fraction of sp³-hybridized carbons (Fsp3) is 0.400. The van der Waals surface area contributed by atoms with Crippen LogP contribution in [0, 0.1) is 0 Å². The Labute approximate surface area is 148 Å². The van der Waals surface area contributed by atoms with Crippen molar-refractivity contribution >= 4 is 16.9 Å². The van der Waals surface area contributed by atoms with E-state index in [1.165, 1.54) is 0 Å². The first kappa shape index (κ1) is 17.3. The predicted octanol–water partition coefficient (Wildman–Crippen LogP) is 3.73. The van der Waals surface area contributed by atoms with Gasteiger partial charge in [0, 0.05) is 43.9 Å². The van der Waals surface area contributed by atoms with Crippen molar-refractivity contribution in [2.24, 2.45) is 0 Å². The van der Waals surface area contributed by atoms with Crippen LogP contribution in [0.15, 0.2) is 48.8 Å². The number of fused-ring (bicyclic) bond motifs is 1. The average Bonchev–Trinajstić information content (AvgIpc) is 3.22. The number of hydrogen-bond acceptors (Lipinski definition) is 2. The molecule has 0 aliphatic heterocycles. The predicted molar refractivity (Wildman–Crippen MR) is 101 cm³/mol. The first-order valence-corrected chi connectivity index (χ1v) is 8.91. The average molecular weight is 338 g/mol. The minimum atomic E-state index is 0.0772. The molecule has 1 amide bonds. The molecule has 2 aromatic heterocycles. The minimum absolute atomic E-state index is 0.0772. The van der Waals surface area contributed by atoms with Gasteiger partial charge in [0.05, 0.1) is 11.0 Å². The summed E-state index contributed by atoms with van der Waals surface area (Å²) in [7, 11) is 0. The second kappa shape index (κ2) is 7.55. The molecule has 3 rings (SSSR count). The van der Waals surface area contributed by atoms with Gasteiger partial charge in [0.15, 0.2) is 0 Å². The Morgan fingerprint density at radius 3 is 2.56 bits per heavy atom. The van der Waals surface area contributed by atoms with E-state index in [0.717, 1.165) is 23.3 Å². The second-order valence-electron chi connectivity index (χ2n) is 6.76. The molecule has 5 heteroatoms. The zero-order valence-electron chi connectivity index (χ0n) is 15.1. The van der Waals surface area contributed by atoms with Gasteiger partial charge < -0.3 is 14.5 Å². The quantitative estimate of drug-likeness (QED) is 0.714. The fourth-order valence-electron chi connectivity index (χ4n) is 3.25. The van der Waals surface area contributed by atoms with Gasteiger partial charge in [-0.3, -0.25) is 4.79 Å². The summed E-state index contributed by atoms with van der Waals surface area (Å²) in [5.74, 6) is 1.10. The Bertz CT molecular complexity index is 833. The van der Waals surface area contributed by atoms with Crippen molar-refractivity contribution in [3.8, 4) is 0 Å². The van der Waals surface area contributed by atoms with Gasteiger partial charge in [-0.1, -0.05) is 12.1 Å². The van der Waals surface area contributed by atoms with Crippen LogP contribution in [0.3, 0.4) is 0 Å². The molecule has 0 aliphatic carbocycles. The zero-order chi connectivity index (χ0) is 17.8. The Hall–Kier alpha value is -2.56. The highest BCUT2D eigenvalue weighted by atomic mass is 16.1. The molecule has 0 saturated heterocycles. The molecule has 132 valence electrons. The standard InChI is InChI=1S/C20H26N4O/c1-15(2)24-18-9-5-4-8-17(18)22-19(24)10-11-21-20(25)14-16(3)23-12-6-7-13-23/h4-9,12-13,15-16H,10-11,14H2,1-3H3,(H,21,25)/t16-/m0/s1. The fourth-order valence-corrected chi connectivity index (χ4v) is 3.25. The van der Waals surface area contributed by atoms with Gasteiger partial charge in [0.2, 0.25) is 5.91 Å². The van der Waals surface area contributed by atoms with Crippen molar-refractivity contribution in [3.63, 3.8) is 0 Å². The number of aromatic nitrogens is 3. The van der Waals surface area contributed by atoms with E-state index in [4.69, 9.17) is 4.98 Å². The number of imidazole rings is 1. The molecular formula is C20H26N4O.